The largest absolute Gasteiger partial charge is 0.370 e. The van der Waals surface area contributed by atoms with Crippen LogP contribution in [0.25, 0.3) is 0 Å². The number of Topliss-reactive ketones (excluding diaryl/α,β-unsaturated/α-hetero) is 1. The fourth-order valence-corrected chi connectivity index (χ4v) is 5.28. The van der Waals surface area contributed by atoms with E-state index in [1.807, 2.05) is 6.07 Å². The van der Waals surface area contributed by atoms with Crippen LogP contribution in [0.2, 0.25) is 0 Å². The summed E-state index contributed by atoms with van der Waals surface area (Å²) >= 11 is 0. The Kier molecular flexibility index (Phi) is 3.31. The summed E-state index contributed by atoms with van der Waals surface area (Å²) in [6.45, 7) is 3.37. The molecular formula is C17H23N3O2S. The SMILES string of the molecule is CC(=O)c1ncc([S@@](=N)(=O)C2CC2)cc1N1CCC2(CC1)CC2. The van der Waals surface area contributed by atoms with E-state index in [-0.39, 0.29) is 11.0 Å². The van der Waals surface area contributed by atoms with Gasteiger partial charge in [0, 0.05) is 31.5 Å². The quantitative estimate of drug-likeness (QED) is 0.859. The van der Waals surface area contributed by atoms with Crippen LogP contribution in [-0.2, 0) is 9.73 Å². The van der Waals surface area contributed by atoms with Crippen molar-refractivity contribution in [1.29, 1.82) is 4.78 Å². The lowest BCUT2D eigenvalue weighted by atomic mass is 9.93. The van der Waals surface area contributed by atoms with Crippen molar-refractivity contribution in [3.05, 3.63) is 18.0 Å². The third-order valence-corrected chi connectivity index (χ3v) is 7.98. The monoisotopic (exact) mass is 333 g/mol. The minimum absolute atomic E-state index is 0.0311. The maximum Gasteiger partial charge on any atom is 0.180 e. The predicted molar refractivity (Wildman–Crippen MR) is 89.5 cm³/mol. The van der Waals surface area contributed by atoms with Crippen LogP contribution in [0.15, 0.2) is 17.2 Å². The first-order valence-electron chi connectivity index (χ1n) is 8.45. The summed E-state index contributed by atoms with van der Waals surface area (Å²) < 4.78 is 20.9. The Morgan fingerprint density at radius 3 is 2.48 bits per heavy atom. The van der Waals surface area contributed by atoms with E-state index in [2.05, 4.69) is 9.88 Å². The average Bonchev–Trinajstić information content (AvgIpc) is 3.42. The number of carbonyl (C=O) groups excluding carboxylic acids is 1. The van der Waals surface area contributed by atoms with E-state index in [1.54, 1.807) is 0 Å². The Morgan fingerprint density at radius 1 is 1.30 bits per heavy atom. The van der Waals surface area contributed by atoms with Crippen molar-refractivity contribution in [2.75, 3.05) is 18.0 Å². The van der Waals surface area contributed by atoms with E-state index >= 15 is 0 Å². The van der Waals surface area contributed by atoms with Gasteiger partial charge in [0.15, 0.2) is 5.78 Å². The van der Waals surface area contributed by atoms with Crippen molar-refractivity contribution < 1.29 is 9.00 Å². The molecule has 0 aromatic carbocycles. The van der Waals surface area contributed by atoms with Gasteiger partial charge in [-0.05, 0) is 50.0 Å². The molecule has 23 heavy (non-hydrogen) atoms. The zero-order valence-electron chi connectivity index (χ0n) is 13.5. The van der Waals surface area contributed by atoms with Gasteiger partial charge in [0.2, 0.25) is 0 Å². The van der Waals surface area contributed by atoms with Gasteiger partial charge in [-0.2, -0.15) is 0 Å². The van der Waals surface area contributed by atoms with E-state index in [9.17, 15) is 9.00 Å². The highest BCUT2D eigenvalue weighted by atomic mass is 32.2. The first-order valence-corrected chi connectivity index (χ1v) is 10.1. The van der Waals surface area contributed by atoms with Gasteiger partial charge in [0.05, 0.1) is 20.3 Å². The summed E-state index contributed by atoms with van der Waals surface area (Å²) in [7, 11) is -2.78. The van der Waals surface area contributed by atoms with Crippen molar-refractivity contribution >= 4 is 21.2 Å². The number of hydrogen-bond acceptors (Lipinski definition) is 5. The van der Waals surface area contributed by atoms with Gasteiger partial charge in [-0.1, -0.05) is 0 Å². The van der Waals surface area contributed by atoms with Crippen LogP contribution < -0.4 is 4.90 Å². The molecule has 1 N–H and O–H groups in total. The molecule has 1 saturated heterocycles. The van der Waals surface area contributed by atoms with Crippen LogP contribution in [0, 0.1) is 10.2 Å². The molecule has 1 aromatic heterocycles. The van der Waals surface area contributed by atoms with E-state index in [1.165, 1.54) is 26.0 Å². The Bertz CT molecular complexity index is 754. The Hall–Kier alpha value is -1.43. The van der Waals surface area contributed by atoms with Crippen molar-refractivity contribution in [1.82, 2.24) is 4.98 Å². The molecule has 1 aromatic rings. The highest BCUT2D eigenvalue weighted by Gasteiger charge is 2.45. The number of ketones is 1. The molecule has 5 nitrogen and oxygen atoms in total. The summed E-state index contributed by atoms with van der Waals surface area (Å²) in [4.78, 5) is 18.9. The van der Waals surface area contributed by atoms with Gasteiger partial charge < -0.3 is 4.90 Å². The van der Waals surface area contributed by atoms with Gasteiger partial charge in [-0.25, -0.2) is 14.0 Å². The molecule has 3 fully saturated rings. The third-order valence-electron chi connectivity index (χ3n) is 5.64. The molecule has 1 aliphatic heterocycles. The van der Waals surface area contributed by atoms with Crippen molar-refractivity contribution in [2.24, 2.45) is 5.41 Å². The lowest BCUT2D eigenvalue weighted by Gasteiger charge is -2.34. The summed E-state index contributed by atoms with van der Waals surface area (Å²) in [5.74, 6) is -0.0684. The number of nitrogens with zero attached hydrogens (tertiary/aromatic N) is 2. The number of carbonyl (C=O) groups is 1. The molecule has 6 heteroatoms. The van der Waals surface area contributed by atoms with Crippen molar-refractivity contribution in [3.8, 4) is 0 Å². The summed E-state index contributed by atoms with van der Waals surface area (Å²) in [5.41, 5.74) is 1.80. The van der Waals surface area contributed by atoms with Crippen LogP contribution in [0.3, 0.4) is 0 Å². The van der Waals surface area contributed by atoms with Gasteiger partial charge in [0.1, 0.15) is 5.69 Å². The molecule has 1 atom stereocenters. The Morgan fingerprint density at radius 2 is 1.96 bits per heavy atom. The second-order valence-electron chi connectivity index (χ2n) is 7.38. The standard InChI is InChI=1S/C17H23N3O2S/c1-12(21)16-15(20-8-6-17(4-5-17)7-9-20)10-14(11-19-16)23(18,22)13-2-3-13/h10-11,13,18H,2-9H2,1H3/t23-/m0/s1. The van der Waals surface area contributed by atoms with Crippen LogP contribution in [0.4, 0.5) is 5.69 Å². The number of nitrogens with one attached hydrogen (secondary N) is 1. The number of piperidine rings is 1. The number of pyridine rings is 1. The maximum atomic E-state index is 12.7. The predicted octanol–water partition coefficient (Wildman–Crippen LogP) is 3.23. The second kappa shape index (κ2) is 5.03. The molecule has 4 rings (SSSR count). The Balaban J connectivity index is 1.69. The molecule has 1 spiro atoms. The first kappa shape index (κ1) is 15.1. The maximum absolute atomic E-state index is 12.7. The lowest BCUT2D eigenvalue weighted by molar-refractivity contribution is 0.101. The van der Waals surface area contributed by atoms with E-state index < -0.39 is 9.73 Å². The third kappa shape index (κ3) is 2.67. The highest BCUT2D eigenvalue weighted by Crippen LogP contribution is 2.54. The minimum Gasteiger partial charge on any atom is -0.370 e. The van der Waals surface area contributed by atoms with Crippen LogP contribution >= 0.6 is 0 Å². The van der Waals surface area contributed by atoms with E-state index in [0.29, 0.717) is 16.0 Å². The molecule has 0 radical (unpaired) electrons. The molecule has 0 bridgehead atoms. The molecule has 124 valence electrons. The van der Waals surface area contributed by atoms with Crippen molar-refractivity contribution in [2.45, 2.75) is 55.6 Å². The summed E-state index contributed by atoms with van der Waals surface area (Å²) in [6, 6.07) is 1.81. The highest BCUT2D eigenvalue weighted by molar-refractivity contribution is 7.93. The number of aromatic nitrogens is 1. The molecule has 2 heterocycles. The minimum atomic E-state index is -2.78. The fraction of sp³-hybridized carbons (Fsp3) is 0.647. The van der Waals surface area contributed by atoms with Gasteiger partial charge in [-0.15, -0.1) is 0 Å². The van der Waals surface area contributed by atoms with E-state index in [0.717, 1.165) is 44.5 Å². The Labute approximate surface area is 137 Å². The summed E-state index contributed by atoms with van der Waals surface area (Å²) in [6.07, 6.45) is 8.19. The van der Waals surface area contributed by atoms with Gasteiger partial charge in [-0.3, -0.25) is 4.79 Å². The average molecular weight is 333 g/mol. The zero-order valence-corrected chi connectivity index (χ0v) is 14.3. The molecular weight excluding hydrogens is 310 g/mol. The van der Waals surface area contributed by atoms with Gasteiger partial charge >= 0.3 is 0 Å². The van der Waals surface area contributed by atoms with Crippen LogP contribution in [-0.4, -0.2) is 33.3 Å². The second-order valence-corrected chi connectivity index (χ2v) is 9.72. The number of hydrogen-bond donors (Lipinski definition) is 1. The van der Waals surface area contributed by atoms with Gasteiger partial charge in [0.25, 0.3) is 0 Å². The first-order chi connectivity index (χ1) is 10.9. The molecule has 3 aliphatic rings. The lowest BCUT2D eigenvalue weighted by Crippen LogP contribution is -2.35. The van der Waals surface area contributed by atoms with Crippen LogP contribution in [0.1, 0.15) is 55.9 Å². The number of rotatable bonds is 4. The zero-order chi connectivity index (χ0) is 16.2. The molecule has 0 unspecified atom stereocenters. The molecule has 2 aliphatic carbocycles. The van der Waals surface area contributed by atoms with Crippen molar-refractivity contribution in [3.63, 3.8) is 0 Å². The fourth-order valence-electron chi connectivity index (χ4n) is 3.60. The molecule has 0 amide bonds. The molecule has 2 saturated carbocycles. The van der Waals surface area contributed by atoms with Crippen LogP contribution in [0.5, 0.6) is 0 Å². The number of anilines is 1. The van der Waals surface area contributed by atoms with E-state index in [4.69, 9.17) is 4.78 Å². The smallest absolute Gasteiger partial charge is 0.180 e. The normalized spacial score (nSPS) is 25.2. The topological polar surface area (TPSA) is 74.1 Å². The summed E-state index contributed by atoms with van der Waals surface area (Å²) in [5, 5.41) is -0.0311.